The van der Waals surface area contributed by atoms with Gasteiger partial charge in [-0.15, -0.1) is 0 Å². The maximum absolute atomic E-state index is 13.9. The molecular formula is C24H27NO5S. The molecule has 0 radical (unpaired) electrons. The Morgan fingerprint density at radius 3 is 2.16 bits per heavy atom. The van der Waals surface area contributed by atoms with Gasteiger partial charge < -0.3 is 14.2 Å². The maximum atomic E-state index is 13.9. The molecule has 3 rings (SSSR count). The van der Waals surface area contributed by atoms with Crippen LogP contribution >= 0.6 is 0 Å². The van der Waals surface area contributed by atoms with E-state index in [1.807, 2.05) is 38.1 Å². The lowest BCUT2D eigenvalue weighted by Gasteiger charge is -2.31. The zero-order chi connectivity index (χ0) is 22.6. The molecule has 1 atom stereocenters. The van der Waals surface area contributed by atoms with Gasteiger partial charge >= 0.3 is 0 Å². The molecule has 0 fully saturated rings. The van der Waals surface area contributed by atoms with Gasteiger partial charge in [0.15, 0.2) is 11.5 Å². The topological polar surface area (TPSA) is 65.1 Å². The Hall–Kier alpha value is -3.19. The van der Waals surface area contributed by atoms with Crippen LogP contribution in [0.4, 0.5) is 5.69 Å². The normalized spacial score (nSPS) is 12.2. The van der Waals surface area contributed by atoms with E-state index in [4.69, 9.17) is 14.2 Å². The molecule has 0 spiro atoms. The first kappa shape index (κ1) is 22.5. The highest BCUT2D eigenvalue weighted by Gasteiger charge is 2.31. The predicted octanol–water partition coefficient (Wildman–Crippen LogP) is 4.98. The van der Waals surface area contributed by atoms with Crippen molar-refractivity contribution in [2.75, 3.05) is 25.6 Å². The number of nitrogens with zero attached hydrogens (tertiary/aromatic N) is 1. The molecule has 0 amide bonds. The summed E-state index contributed by atoms with van der Waals surface area (Å²) in [6.45, 7) is 3.84. The highest BCUT2D eigenvalue weighted by atomic mass is 32.2. The van der Waals surface area contributed by atoms with Crippen molar-refractivity contribution in [2.45, 2.75) is 24.8 Å². The lowest BCUT2D eigenvalue weighted by atomic mass is 10.1. The van der Waals surface area contributed by atoms with Gasteiger partial charge in [0.2, 0.25) is 0 Å². The summed E-state index contributed by atoms with van der Waals surface area (Å²) in [5.41, 5.74) is 2.39. The lowest BCUT2D eigenvalue weighted by molar-refractivity contribution is 0.355. The minimum Gasteiger partial charge on any atom is -0.497 e. The Bertz CT molecular complexity index is 1160. The summed E-state index contributed by atoms with van der Waals surface area (Å²) in [6.07, 6.45) is 0. The molecule has 3 aromatic carbocycles. The number of ether oxygens (including phenoxy) is 3. The number of hydrogen-bond acceptors (Lipinski definition) is 5. The molecule has 0 bridgehead atoms. The third-order valence-corrected chi connectivity index (χ3v) is 6.99. The highest BCUT2D eigenvalue weighted by Crippen LogP contribution is 2.38. The Kier molecular flexibility index (Phi) is 6.75. The van der Waals surface area contributed by atoms with Crippen LogP contribution in [0, 0.1) is 6.92 Å². The number of anilines is 1. The van der Waals surface area contributed by atoms with Crippen LogP contribution in [0.5, 0.6) is 17.2 Å². The predicted molar refractivity (Wildman–Crippen MR) is 122 cm³/mol. The van der Waals surface area contributed by atoms with Crippen molar-refractivity contribution in [3.05, 3.63) is 77.9 Å². The van der Waals surface area contributed by atoms with Gasteiger partial charge in [0.25, 0.3) is 10.0 Å². The molecule has 164 valence electrons. The molecule has 6 nitrogen and oxygen atoms in total. The molecule has 3 aromatic rings. The molecule has 0 saturated carbocycles. The molecule has 0 unspecified atom stereocenters. The third kappa shape index (κ3) is 4.61. The van der Waals surface area contributed by atoms with Gasteiger partial charge in [-0.3, -0.25) is 4.31 Å². The monoisotopic (exact) mass is 441 g/mol. The molecule has 0 heterocycles. The van der Waals surface area contributed by atoms with E-state index in [-0.39, 0.29) is 4.90 Å². The second-order valence-corrected chi connectivity index (χ2v) is 8.92. The van der Waals surface area contributed by atoms with E-state index >= 15 is 0 Å². The van der Waals surface area contributed by atoms with Crippen molar-refractivity contribution in [3.63, 3.8) is 0 Å². The number of sulfonamides is 1. The number of benzene rings is 3. The summed E-state index contributed by atoms with van der Waals surface area (Å²) in [5.74, 6) is 1.44. The van der Waals surface area contributed by atoms with Crippen molar-refractivity contribution >= 4 is 15.7 Å². The second-order valence-electron chi connectivity index (χ2n) is 7.11. The van der Waals surface area contributed by atoms with Crippen LogP contribution in [0.2, 0.25) is 0 Å². The van der Waals surface area contributed by atoms with Crippen molar-refractivity contribution in [2.24, 2.45) is 0 Å². The van der Waals surface area contributed by atoms with Crippen LogP contribution in [0.3, 0.4) is 0 Å². The highest BCUT2D eigenvalue weighted by molar-refractivity contribution is 7.92. The first-order valence-electron chi connectivity index (χ1n) is 9.79. The molecule has 0 saturated heterocycles. The summed E-state index contributed by atoms with van der Waals surface area (Å²) in [5, 5.41) is 0. The Balaban J connectivity index is 2.21. The summed E-state index contributed by atoms with van der Waals surface area (Å²) in [7, 11) is 0.632. The van der Waals surface area contributed by atoms with Gasteiger partial charge in [-0.2, -0.15) is 0 Å². The van der Waals surface area contributed by atoms with Gasteiger partial charge in [-0.1, -0.05) is 35.9 Å². The molecule has 31 heavy (non-hydrogen) atoms. The van der Waals surface area contributed by atoms with E-state index in [2.05, 4.69) is 0 Å². The zero-order valence-corrected chi connectivity index (χ0v) is 19.1. The zero-order valence-electron chi connectivity index (χ0n) is 18.3. The molecule has 0 N–H and O–H groups in total. The molecule has 0 aliphatic carbocycles. The maximum Gasteiger partial charge on any atom is 0.265 e. The van der Waals surface area contributed by atoms with E-state index in [0.717, 1.165) is 11.1 Å². The summed E-state index contributed by atoms with van der Waals surface area (Å²) < 4.78 is 45.1. The second kappa shape index (κ2) is 9.31. The van der Waals surface area contributed by atoms with Crippen LogP contribution in [-0.2, 0) is 10.0 Å². The first-order valence-corrected chi connectivity index (χ1v) is 11.2. The van der Waals surface area contributed by atoms with Crippen LogP contribution in [0.15, 0.2) is 71.6 Å². The van der Waals surface area contributed by atoms with Gasteiger partial charge in [-0.05, 0) is 43.7 Å². The van der Waals surface area contributed by atoms with Crippen LogP contribution in [0.25, 0.3) is 0 Å². The van der Waals surface area contributed by atoms with E-state index < -0.39 is 16.1 Å². The summed E-state index contributed by atoms with van der Waals surface area (Å²) in [4.78, 5) is 0.140. The number of hydrogen-bond donors (Lipinski definition) is 0. The van der Waals surface area contributed by atoms with Crippen molar-refractivity contribution in [1.82, 2.24) is 0 Å². The Labute approximate surface area is 184 Å². The molecule has 7 heteroatoms. The fourth-order valence-electron chi connectivity index (χ4n) is 3.47. The van der Waals surface area contributed by atoms with E-state index in [1.54, 1.807) is 36.4 Å². The molecule has 0 aliphatic rings. The molecule has 0 aromatic heterocycles. The van der Waals surface area contributed by atoms with E-state index in [9.17, 15) is 8.42 Å². The minimum atomic E-state index is -3.93. The number of rotatable bonds is 8. The average molecular weight is 442 g/mol. The summed E-state index contributed by atoms with van der Waals surface area (Å²) >= 11 is 0. The SMILES string of the molecule is COc1cccc(S(=O)(=O)N(c2ccc(OC)c(OC)c2)[C@@H](C)c2cccc(C)c2)c1. The third-order valence-electron chi connectivity index (χ3n) is 5.10. The van der Waals surface area contributed by atoms with Gasteiger partial charge in [0, 0.05) is 12.1 Å². The number of aryl methyl sites for hydroxylation is 1. The van der Waals surface area contributed by atoms with Gasteiger partial charge in [0.1, 0.15) is 5.75 Å². The summed E-state index contributed by atoms with van der Waals surface area (Å²) in [6, 6.07) is 18.9. The van der Waals surface area contributed by atoms with Crippen LogP contribution in [0.1, 0.15) is 24.1 Å². The van der Waals surface area contributed by atoms with Crippen molar-refractivity contribution in [3.8, 4) is 17.2 Å². The molecular weight excluding hydrogens is 414 g/mol. The first-order chi connectivity index (χ1) is 14.8. The quantitative estimate of drug-likeness (QED) is 0.493. The Morgan fingerprint density at radius 2 is 1.52 bits per heavy atom. The van der Waals surface area contributed by atoms with Crippen molar-refractivity contribution in [1.29, 1.82) is 0 Å². The van der Waals surface area contributed by atoms with Gasteiger partial charge in [0.05, 0.1) is 38.0 Å². The lowest BCUT2D eigenvalue weighted by Crippen LogP contribution is -2.33. The standard InChI is InChI=1S/C24H27NO5S/c1-17-8-6-9-19(14-17)18(2)25(20-12-13-23(29-4)24(15-20)30-5)31(26,27)22-11-7-10-21(16-22)28-3/h6-16,18H,1-5H3/t18-/m0/s1. The van der Waals surface area contributed by atoms with Gasteiger partial charge in [-0.25, -0.2) is 8.42 Å². The average Bonchev–Trinajstić information content (AvgIpc) is 2.78. The Morgan fingerprint density at radius 1 is 0.806 bits per heavy atom. The van der Waals surface area contributed by atoms with Crippen molar-refractivity contribution < 1.29 is 22.6 Å². The van der Waals surface area contributed by atoms with Crippen LogP contribution < -0.4 is 18.5 Å². The fourth-order valence-corrected chi connectivity index (χ4v) is 5.14. The molecule has 0 aliphatic heterocycles. The van der Waals surface area contributed by atoms with Crippen LogP contribution in [-0.4, -0.2) is 29.7 Å². The largest absolute Gasteiger partial charge is 0.497 e. The number of methoxy groups -OCH3 is 3. The van der Waals surface area contributed by atoms with E-state index in [1.165, 1.54) is 31.7 Å². The minimum absolute atomic E-state index is 0.140. The van der Waals surface area contributed by atoms with E-state index in [0.29, 0.717) is 22.9 Å². The smallest absolute Gasteiger partial charge is 0.265 e. The fraction of sp³-hybridized carbons (Fsp3) is 0.250.